The number of rotatable bonds is 5. The SMILES string of the molecule is CNC(=O)[C@@H](C)N(Cc1ccccc1)C(=O)C(C)C. The Morgan fingerprint density at radius 2 is 1.74 bits per heavy atom. The number of nitrogens with zero attached hydrogens (tertiary/aromatic N) is 1. The van der Waals surface area contributed by atoms with Crippen LogP contribution in [-0.4, -0.2) is 29.8 Å². The molecule has 0 saturated heterocycles. The van der Waals surface area contributed by atoms with Crippen LogP contribution >= 0.6 is 0 Å². The molecule has 0 aliphatic heterocycles. The van der Waals surface area contributed by atoms with Crippen LogP contribution in [-0.2, 0) is 16.1 Å². The summed E-state index contributed by atoms with van der Waals surface area (Å²) in [5.74, 6) is -0.291. The molecule has 19 heavy (non-hydrogen) atoms. The van der Waals surface area contributed by atoms with Crippen LogP contribution in [0.15, 0.2) is 30.3 Å². The van der Waals surface area contributed by atoms with Gasteiger partial charge in [-0.15, -0.1) is 0 Å². The van der Waals surface area contributed by atoms with Crippen molar-refractivity contribution in [3.63, 3.8) is 0 Å². The van der Waals surface area contributed by atoms with Gasteiger partial charge in [0, 0.05) is 19.5 Å². The molecule has 0 aliphatic carbocycles. The minimum atomic E-state index is -0.472. The number of likely N-dealkylation sites (N-methyl/N-ethyl adjacent to an activating group) is 1. The van der Waals surface area contributed by atoms with Crippen molar-refractivity contribution in [1.82, 2.24) is 10.2 Å². The molecule has 0 aromatic heterocycles. The summed E-state index contributed by atoms with van der Waals surface area (Å²) in [5, 5.41) is 2.59. The van der Waals surface area contributed by atoms with Crippen LogP contribution in [0.3, 0.4) is 0 Å². The van der Waals surface area contributed by atoms with Gasteiger partial charge in [-0.05, 0) is 12.5 Å². The smallest absolute Gasteiger partial charge is 0.242 e. The van der Waals surface area contributed by atoms with Crippen molar-refractivity contribution in [1.29, 1.82) is 0 Å². The third-order valence-corrected chi connectivity index (χ3v) is 3.07. The Bertz CT molecular complexity index is 429. The van der Waals surface area contributed by atoms with Crippen LogP contribution in [0.2, 0.25) is 0 Å². The van der Waals surface area contributed by atoms with E-state index in [2.05, 4.69) is 5.32 Å². The lowest BCUT2D eigenvalue weighted by Gasteiger charge is -2.29. The minimum Gasteiger partial charge on any atom is -0.357 e. The molecule has 2 amide bonds. The standard InChI is InChI=1S/C15H22N2O2/c1-11(2)15(19)17(12(3)14(18)16-4)10-13-8-6-5-7-9-13/h5-9,11-12H,10H2,1-4H3,(H,16,18)/t12-/m1/s1. The lowest BCUT2D eigenvalue weighted by molar-refractivity contribution is -0.142. The molecule has 0 bridgehead atoms. The van der Waals surface area contributed by atoms with E-state index in [9.17, 15) is 9.59 Å². The van der Waals surface area contributed by atoms with E-state index in [-0.39, 0.29) is 17.7 Å². The maximum Gasteiger partial charge on any atom is 0.242 e. The largest absolute Gasteiger partial charge is 0.357 e. The van der Waals surface area contributed by atoms with E-state index in [0.29, 0.717) is 6.54 Å². The van der Waals surface area contributed by atoms with E-state index < -0.39 is 6.04 Å². The summed E-state index contributed by atoms with van der Waals surface area (Å²) in [5.41, 5.74) is 1.02. The molecular weight excluding hydrogens is 240 g/mol. The van der Waals surface area contributed by atoms with Crippen molar-refractivity contribution in [3.8, 4) is 0 Å². The van der Waals surface area contributed by atoms with Crippen molar-refractivity contribution >= 4 is 11.8 Å². The first kappa shape index (κ1) is 15.2. The van der Waals surface area contributed by atoms with Gasteiger partial charge in [0.2, 0.25) is 11.8 Å². The van der Waals surface area contributed by atoms with Crippen LogP contribution < -0.4 is 5.32 Å². The van der Waals surface area contributed by atoms with Crippen LogP contribution in [0.25, 0.3) is 0 Å². The summed E-state index contributed by atoms with van der Waals surface area (Å²) in [7, 11) is 1.58. The van der Waals surface area contributed by atoms with Crippen molar-refractivity contribution in [2.45, 2.75) is 33.4 Å². The van der Waals surface area contributed by atoms with Gasteiger partial charge in [0.15, 0.2) is 0 Å². The zero-order valence-corrected chi connectivity index (χ0v) is 12.0. The van der Waals surface area contributed by atoms with Gasteiger partial charge in [-0.2, -0.15) is 0 Å². The molecule has 0 fully saturated rings. The fourth-order valence-corrected chi connectivity index (χ4v) is 1.87. The van der Waals surface area contributed by atoms with Gasteiger partial charge in [0.05, 0.1) is 0 Å². The second-order valence-corrected chi connectivity index (χ2v) is 4.90. The second-order valence-electron chi connectivity index (χ2n) is 4.90. The zero-order valence-electron chi connectivity index (χ0n) is 12.0. The first-order valence-electron chi connectivity index (χ1n) is 6.53. The van der Waals surface area contributed by atoms with Crippen LogP contribution in [0.1, 0.15) is 26.3 Å². The summed E-state index contributed by atoms with van der Waals surface area (Å²) in [4.78, 5) is 25.6. The summed E-state index contributed by atoms with van der Waals surface area (Å²) in [6.45, 7) is 5.89. The zero-order chi connectivity index (χ0) is 14.4. The Labute approximate surface area is 114 Å². The molecule has 0 unspecified atom stereocenters. The van der Waals surface area contributed by atoms with Crippen molar-refractivity contribution in [2.24, 2.45) is 5.92 Å². The number of benzene rings is 1. The molecule has 1 rings (SSSR count). The van der Waals surface area contributed by atoms with E-state index in [4.69, 9.17) is 0 Å². The van der Waals surface area contributed by atoms with Crippen molar-refractivity contribution in [2.75, 3.05) is 7.05 Å². The minimum absolute atomic E-state index is 0.0139. The predicted octanol–water partition coefficient (Wildman–Crippen LogP) is 1.81. The van der Waals surface area contributed by atoms with Gasteiger partial charge in [-0.25, -0.2) is 0 Å². The second kappa shape index (κ2) is 6.92. The monoisotopic (exact) mass is 262 g/mol. The molecule has 0 spiro atoms. The molecule has 0 radical (unpaired) electrons. The normalized spacial score (nSPS) is 12.1. The number of amides is 2. The van der Waals surface area contributed by atoms with Gasteiger partial charge >= 0.3 is 0 Å². The number of nitrogens with one attached hydrogen (secondary N) is 1. The maximum atomic E-state index is 12.3. The highest BCUT2D eigenvalue weighted by molar-refractivity contribution is 5.87. The lowest BCUT2D eigenvalue weighted by Crippen LogP contribution is -2.48. The number of carbonyl (C=O) groups excluding carboxylic acids is 2. The van der Waals surface area contributed by atoms with Gasteiger partial charge in [0.25, 0.3) is 0 Å². The molecule has 1 N–H and O–H groups in total. The Kier molecular flexibility index (Phi) is 5.55. The Morgan fingerprint density at radius 1 is 1.16 bits per heavy atom. The number of hydrogen-bond donors (Lipinski definition) is 1. The van der Waals surface area contributed by atoms with E-state index >= 15 is 0 Å². The van der Waals surface area contributed by atoms with Gasteiger partial charge in [-0.1, -0.05) is 44.2 Å². The van der Waals surface area contributed by atoms with Crippen LogP contribution in [0.5, 0.6) is 0 Å². The topological polar surface area (TPSA) is 49.4 Å². The van der Waals surface area contributed by atoms with Crippen molar-refractivity contribution < 1.29 is 9.59 Å². The average Bonchev–Trinajstić information content (AvgIpc) is 2.43. The van der Waals surface area contributed by atoms with E-state index in [1.54, 1.807) is 18.9 Å². The molecule has 4 nitrogen and oxygen atoms in total. The Morgan fingerprint density at radius 3 is 2.21 bits per heavy atom. The molecule has 0 aliphatic rings. The first-order chi connectivity index (χ1) is 8.97. The van der Waals surface area contributed by atoms with Crippen molar-refractivity contribution in [3.05, 3.63) is 35.9 Å². The third-order valence-electron chi connectivity index (χ3n) is 3.07. The van der Waals surface area contributed by atoms with E-state index in [1.807, 2.05) is 44.2 Å². The number of hydrogen-bond acceptors (Lipinski definition) is 2. The van der Waals surface area contributed by atoms with Gasteiger partial charge in [0.1, 0.15) is 6.04 Å². The Hall–Kier alpha value is -1.84. The quantitative estimate of drug-likeness (QED) is 0.879. The van der Waals surface area contributed by atoms with Crippen LogP contribution in [0.4, 0.5) is 0 Å². The molecular formula is C15H22N2O2. The summed E-state index contributed by atoms with van der Waals surface area (Å²) < 4.78 is 0. The highest BCUT2D eigenvalue weighted by atomic mass is 16.2. The molecule has 1 aromatic carbocycles. The molecule has 4 heteroatoms. The highest BCUT2D eigenvalue weighted by Crippen LogP contribution is 2.12. The fraction of sp³-hybridized carbons (Fsp3) is 0.467. The van der Waals surface area contributed by atoms with E-state index in [1.165, 1.54) is 0 Å². The molecule has 0 heterocycles. The molecule has 1 aromatic rings. The molecule has 0 saturated carbocycles. The molecule has 104 valence electrons. The number of carbonyl (C=O) groups is 2. The van der Waals surface area contributed by atoms with Gasteiger partial charge < -0.3 is 10.2 Å². The third kappa shape index (κ3) is 4.09. The average molecular weight is 262 g/mol. The summed E-state index contributed by atoms with van der Waals surface area (Å²) >= 11 is 0. The Balaban J connectivity index is 2.93. The predicted molar refractivity (Wildman–Crippen MR) is 75.4 cm³/mol. The van der Waals surface area contributed by atoms with Gasteiger partial charge in [-0.3, -0.25) is 9.59 Å². The highest BCUT2D eigenvalue weighted by Gasteiger charge is 2.26. The molecule has 1 atom stereocenters. The van der Waals surface area contributed by atoms with E-state index in [0.717, 1.165) is 5.56 Å². The maximum absolute atomic E-state index is 12.3. The summed E-state index contributed by atoms with van der Waals surface area (Å²) in [6.07, 6.45) is 0. The fourth-order valence-electron chi connectivity index (χ4n) is 1.87. The lowest BCUT2D eigenvalue weighted by atomic mass is 10.1. The van der Waals surface area contributed by atoms with Crippen LogP contribution in [0, 0.1) is 5.92 Å². The summed E-state index contributed by atoms with van der Waals surface area (Å²) in [6, 6.07) is 9.23. The first-order valence-corrected chi connectivity index (χ1v) is 6.53.